The highest BCUT2D eigenvalue weighted by molar-refractivity contribution is 5.91. The van der Waals surface area contributed by atoms with Crippen molar-refractivity contribution in [2.45, 2.75) is 32.5 Å². The zero-order chi connectivity index (χ0) is 12.6. The van der Waals surface area contributed by atoms with E-state index in [1.54, 1.807) is 0 Å². The predicted octanol–water partition coefficient (Wildman–Crippen LogP) is 0.697. The Morgan fingerprint density at radius 1 is 1.41 bits per heavy atom. The van der Waals surface area contributed by atoms with Crippen molar-refractivity contribution in [2.24, 2.45) is 0 Å². The minimum Gasteiger partial charge on any atom is -0.464 e. The Labute approximate surface area is 99.1 Å². The summed E-state index contributed by atoms with van der Waals surface area (Å²) in [5.41, 5.74) is 6.90. The number of ether oxygens (including phenoxy) is 2. The van der Waals surface area contributed by atoms with E-state index in [1.807, 2.05) is 13.8 Å². The lowest BCUT2D eigenvalue weighted by Crippen LogP contribution is -2.33. The summed E-state index contributed by atoms with van der Waals surface area (Å²) in [6.45, 7) is 4.28. The average molecular weight is 237 g/mol. The molecule has 0 saturated heterocycles. The van der Waals surface area contributed by atoms with Gasteiger partial charge in [-0.3, -0.25) is 0 Å². The normalized spacial score (nSPS) is 17.4. The molecule has 1 aromatic rings. The Kier molecular flexibility index (Phi) is 2.74. The van der Waals surface area contributed by atoms with Crippen molar-refractivity contribution in [3.05, 3.63) is 17.1 Å². The highest BCUT2D eigenvalue weighted by Crippen LogP contribution is 2.26. The molecule has 0 aliphatic carbocycles. The first-order valence-electron chi connectivity index (χ1n) is 5.30. The molecule has 0 aromatic carbocycles. The molecule has 0 bridgehead atoms. The second kappa shape index (κ2) is 3.96. The van der Waals surface area contributed by atoms with Crippen molar-refractivity contribution in [1.29, 1.82) is 0 Å². The van der Waals surface area contributed by atoms with Gasteiger partial charge in [0.05, 0.1) is 30.7 Å². The third-order valence-corrected chi connectivity index (χ3v) is 2.65. The van der Waals surface area contributed by atoms with Gasteiger partial charge in [-0.2, -0.15) is 0 Å². The number of aromatic nitrogens is 2. The van der Waals surface area contributed by atoms with Crippen LogP contribution in [0.25, 0.3) is 0 Å². The lowest BCUT2D eigenvalue weighted by Gasteiger charge is -2.30. The number of fused-ring (bicyclic) bond motifs is 1. The van der Waals surface area contributed by atoms with Crippen LogP contribution < -0.4 is 5.73 Å². The van der Waals surface area contributed by atoms with Gasteiger partial charge in [0, 0.05) is 6.42 Å². The van der Waals surface area contributed by atoms with Gasteiger partial charge in [0.25, 0.3) is 0 Å². The first kappa shape index (κ1) is 11.8. The number of nitrogens with two attached hydrogens (primary N) is 1. The number of rotatable bonds is 1. The van der Waals surface area contributed by atoms with Crippen LogP contribution in [0.1, 0.15) is 35.7 Å². The quantitative estimate of drug-likeness (QED) is 0.723. The fourth-order valence-electron chi connectivity index (χ4n) is 1.74. The van der Waals surface area contributed by atoms with Gasteiger partial charge in [0.1, 0.15) is 0 Å². The van der Waals surface area contributed by atoms with E-state index in [0.29, 0.717) is 18.7 Å². The maximum Gasteiger partial charge on any atom is 0.360 e. The number of methoxy groups -OCH3 is 1. The molecule has 1 aromatic heterocycles. The lowest BCUT2D eigenvalue weighted by atomic mass is 9.98. The maximum atomic E-state index is 11.4. The molecule has 0 fully saturated rings. The minimum absolute atomic E-state index is 0.0505. The molecule has 0 atom stereocenters. The van der Waals surface area contributed by atoms with Crippen molar-refractivity contribution >= 4 is 11.8 Å². The van der Waals surface area contributed by atoms with E-state index in [0.717, 1.165) is 5.69 Å². The van der Waals surface area contributed by atoms with Crippen molar-refractivity contribution < 1.29 is 14.3 Å². The molecule has 0 amide bonds. The van der Waals surface area contributed by atoms with Crippen LogP contribution in [0.4, 0.5) is 5.82 Å². The number of carbonyl (C=O) groups is 1. The molecule has 2 rings (SSSR count). The largest absolute Gasteiger partial charge is 0.464 e. The fraction of sp³-hybridized carbons (Fsp3) is 0.545. The van der Waals surface area contributed by atoms with E-state index < -0.39 is 5.97 Å². The Balaban J connectivity index is 2.42. The van der Waals surface area contributed by atoms with Crippen LogP contribution in [0.3, 0.4) is 0 Å². The molecule has 0 spiro atoms. The summed E-state index contributed by atoms with van der Waals surface area (Å²) in [4.78, 5) is 19.8. The van der Waals surface area contributed by atoms with Gasteiger partial charge in [0.15, 0.2) is 11.5 Å². The maximum absolute atomic E-state index is 11.4. The SMILES string of the molecule is COC(=O)c1nc2c(nc1N)CC(C)(C)OC2. The number of carbonyl (C=O) groups excluding carboxylic acids is 1. The van der Waals surface area contributed by atoms with Crippen molar-refractivity contribution in [1.82, 2.24) is 9.97 Å². The third-order valence-electron chi connectivity index (χ3n) is 2.65. The van der Waals surface area contributed by atoms with Gasteiger partial charge < -0.3 is 15.2 Å². The number of nitrogens with zero attached hydrogens (tertiary/aromatic N) is 2. The van der Waals surface area contributed by atoms with E-state index in [4.69, 9.17) is 10.5 Å². The second-order valence-electron chi connectivity index (χ2n) is 4.57. The Hall–Kier alpha value is -1.69. The van der Waals surface area contributed by atoms with E-state index in [2.05, 4.69) is 14.7 Å². The zero-order valence-corrected chi connectivity index (χ0v) is 10.1. The van der Waals surface area contributed by atoms with Crippen LogP contribution >= 0.6 is 0 Å². The summed E-state index contributed by atoms with van der Waals surface area (Å²) < 4.78 is 10.2. The van der Waals surface area contributed by atoms with Crippen LogP contribution in [-0.4, -0.2) is 28.6 Å². The number of hydrogen-bond donors (Lipinski definition) is 1. The molecular formula is C11H15N3O3. The number of hydrogen-bond acceptors (Lipinski definition) is 6. The number of esters is 1. The monoisotopic (exact) mass is 237 g/mol. The molecule has 6 nitrogen and oxygen atoms in total. The highest BCUT2D eigenvalue weighted by atomic mass is 16.5. The highest BCUT2D eigenvalue weighted by Gasteiger charge is 2.29. The molecule has 1 aliphatic rings. The summed E-state index contributed by atoms with van der Waals surface area (Å²) in [7, 11) is 1.28. The Bertz CT molecular complexity index is 471. The van der Waals surface area contributed by atoms with Crippen LogP contribution in [0, 0.1) is 0 Å². The van der Waals surface area contributed by atoms with Gasteiger partial charge in [-0.05, 0) is 13.8 Å². The van der Waals surface area contributed by atoms with Crippen LogP contribution in [0.15, 0.2) is 0 Å². The lowest BCUT2D eigenvalue weighted by molar-refractivity contribution is -0.0433. The van der Waals surface area contributed by atoms with Gasteiger partial charge in [-0.25, -0.2) is 14.8 Å². The third kappa shape index (κ3) is 2.21. The standard InChI is InChI=1S/C11H15N3O3/c1-11(2)4-6-7(5-17-11)13-8(9(12)14-6)10(15)16-3/h4-5H2,1-3H3,(H2,12,14). The summed E-state index contributed by atoms with van der Waals surface area (Å²) in [5.74, 6) is -0.476. The van der Waals surface area contributed by atoms with Gasteiger partial charge in [-0.1, -0.05) is 0 Å². The van der Waals surface area contributed by atoms with Gasteiger partial charge in [0.2, 0.25) is 0 Å². The first-order chi connectivity index (χ1) is 7.93. The number of anilines is 1. The Morgan fingerprint density at radius 2 is 2.12 bits per heavy atom. The summed E-state index contributed by atoms with van der Waals surface area (Å²) in [6, 6.07) is 0. The molecule has 0 radical (unpaired) electrons. The van der Waals surface area contributed by atoms with Gasteiger partial charge in [-0.15, -0.1) is 0 Å². The van der Waals surface area contributed by atoms with E-state index in [-0.39, 0.29) is 17.1 Å². The van der Waals surface area contributed by atoms with Crippen LogP contribution in [0.5, 0.6) is 0 Å². The molecule has 0 saturated carbocycles. The average Bonchev–Trinajstić information content (AvgIpc) is 2.26. The summed E-state index contributed by atoms with van der Waals surface area (Å²) in [6.07, 6.45) is 0.626. The molecular weight excluding hydrogens is 222 g/mol. The second-order valence-corrected chi connectivity index (χ2v) is 4.57. The van der Waals surface area contributed by atoms with Crippen molar-refractivity contribution in [3.8, 4) is 0 Å². The Morgan fingerprint density at radius 3 is 2.76 bits per heavy atom. The topological polar surface area (TPSA) is 87.3 Å². The minimum atomic E-state index is -0.581. The van der Waals surface area contributed by atoms with Crippen LogP contribution in [-0.2, 0) is 22.5 Å². The predicted molar refractivity (Wildman–Crippen MR) is 60.4 cm³/mol. The molecule has 92 valence electrons. The van der Waals surface area contributed by atoms with Crippen molar-refractivity contribution in [2.75, 3.05) is 12.8 Å². The van der Waals surface area contributed by atoms with Gasteiger partial charge >= 0.3 is 5.97 Å². The summed E-state index contributed by atoms with van der Waals surface area (Å²) in [5, 5.41) is 0. The smallest absolute Gasteiger partial charge is 0.360 e. The van der Waals surface area contributed by atoms with E-state index in [1.165, 1.54) is 7.11 Å². The molecule has 2 heterocycles. The van der Waals surface area contributed by atoms with E-state index >= 15 is 0 Å². The first-order valence-corrected chi connectivity index (χ1v) is 5.30. The van der Waals surface area contributed by atoms with E-state index in [9.17, 15) is 4.79 Å². The molecule has 1 aliphatic heterocycles. The molecule has 6 heteroatoms. The number of nitrogen functional groups attached to an aromatic ring is 1. The molecule has 2 N–H and O–H groups in total. The molecule has 17 heavy (non-hydrogen) atoms. The zero-order valence-electron chi connectivity index (χ0n) is 10.1. The summed E-state index contributed by atoms with van der Waals surface area (Å²) >= 11 is 0. The van der Waals surface area contributed by atoms with Crippen LogP contribution in [0.2, 0.25) is 0 Å². The molecule has 0 unspecified atom stereocenters. The van der Waals surface area contributed by atoms with Crippen molar-refractivity contribution in [3.63, 3.8) is 0 Å². The fourth-order valence-corrected chi connectivity index (χ4v) is 1.74.